The van der Waals surface area contributed by atoms with E-state index < -0.39 is 0 Å². The van der Waals surface area contributed by atoms with Crippen LogP contribution in [0, 0.1) is 5.92 Å². The third kappa shape index (κ3) is 3.00. The summed E-state index contributed by atoms with van der Waals surface area (Å²) < 4.78 is 0. The maximum atomic E-state index is 4.03. The normalized spacial score (nSPS) is 12.4. The maximum absolute atomic E-state index is 4.03. The lowest BCUT2D eigenvalue weighted by atomic mass is 10.00. The minimum Gasteiger partial charge on any atom is -0.104 e. The van der Waals surface area contributed by atoms with Crippen LogP contribution in [0.25, 0.3) is 6.08 Å². The molecule has 0 saturated heterocycles. The zero-order chi connectivity index (χ0) is 10.6. The molecule has 14 heavy (non-hydrogen) atoms. The van der Waals surface area contributed by atoms with Gasteiger partial charge in [0.15, 0.2) is 0 Å². The lowest BCUT2D eigenvalue weighted by Gasteiger charge is -2.10. The van der Waals surface area contributed by atoms with Crippen LogP contribution in [0.4, 0.5) is 0 Å². The van der Waals surface area contributed by atoms with Gasteiger partial charge in [-0.25, -0.2) is 0 Å². The molecule has 0 spiro atoms. The zero-order valence-electron chi connectivity index (χ0n) is 9.09. The van der Waals surface area contributed by atoms with E-state index in [4.69, 9.17) is 0 Å². The van der Waals surface area contributed by atoms with Gasteiger partial charge in [-0.05, 0) is 23.5 Å². The molecular formula is C13H18Si. The maximum Gasteiger partial charge on any atom is 0.0328 e. The average molecular weight is 202 g/mol. The van der Waals surface area contributed by atoms with Gasteiger partial charge in [-0.3, -0.25) is 0 Å². The molecule has 0 radical (unpaired) electrons. The summed E-state index contributed by atoms with van der Waals surface area (Å²) in [6, 6.07) is 8.59. The summed E-state index contributed by atoms with van der Waals surface area (Å²) in [5.41, 5.74) is 2.58. The number of hydrogen-bond acceptors (Lipinski definition) is 0. The molecule has 0 aliphatic rings. The second kappa shape index (κ2) is 4.96. The Balaban J connectivity index is 2.68. The molecule has 74 valence electrons. The molecule has 1 atom stereocenters. The van der Waals surface area contributed by atoms with Crippen molar-refractivity contribution in [1.82, 2.24) is 0 Å². The summed E-state index contributed by atoms with van der Waals surface area (Å²) in [5, 5.41) is 1.39. The van der Waals surface area contributed by atoms with Gasteiger partial charge in [0.05, 0.1) is 0 Å². The molecule has 0 aliphatic carbocycles. The fourth-order valence-corrected chi connectivity index (χ4v) is 1.52. The van der Waals surface area contributed by atoms with Crippen molar-refractivity contribution >= 4 is 16.3 Å². The Morgan fingerprint density at radius 2 is 2.00 bits per heavy atom. The Kier molecular flexibility index (Phi) is 3.90. The van der Waals surface area contributed by atoms with Crippen molar-refractivity contribution in [2.45, 2.75) is 13.3 Å². The van der Waals surface area contributed by atoms with Crippen LogP contribution in [0.3, 0.4) is 0 Å². The molecule has 0 amide bonds. The molecule has 0 heterocycles. The van der Waals surface area contributed by atoms with Crippen LogP contribution in [0.1, 0.15) is 18.1 Å². The summed E-state index contributed by atoms with van der Waals surface area (Å²) in [5.74, 6) is 0.622. The largest absolute Gasteiger partial charge is 0.104 e. The molecular weight excluding hydrogens is 184 g/mol. The molecule has 0 bridgehead atoms. The second-order valence-corrected chi connectivity index (χ2v) is 5.18. The summed E-state index contributed by atoms with van der Waals surface area (Å²) in [6.07, 6.45) is 2.98. The molecule has 0 nitrogen and oxygen atoms in total. The van der Waals surface area contributed by atoms with Gasteiger partial charge in [0.25, 0.3) is 0 Å². The Morgan fingerprint density at radius 3 is 2.43 bits per heavy atom. The molecule has 1 rings (SSSR count). The average Bonchev–Trinajstić information content (AvgIpc) is 2.19. The van der Waals surface area contributed by atoms with Crippen molar-refractivity contribution in [2.75, 3.05) is 0 Å². The first-order valence-corrected chi connectivity index (χ1v) is 6.00. The zero-order valence-corrected chi connectivity index (χ0v) is 11.1. The molecule has 1 heteroatoms. The van der Waals surface area contributed by atoms with Crippen LogP contribution in [-0.4, -0.2) is 10.2 Å². The topological polar surface area (TPSA) is 0 Å². The summed E-state index contributed by atoms with van der Waals surface area (Å²) in [7, 11) is 1.10. The van der Waals surface area contributed by atoms with E-state index in [2.05, 4.69) is 44.3 Å². The SMILES string of the molecule is C=Cc1ccc(CC(C)C(=C)[SiH3])cc1. The summed E-state index contributed by atoms with van der Waals surface area (Å²) >= 11 is 0. The summed E-state index contributed by atoms with van der Waals surface area (Å²) in [6.45, 7) is 10.0. The van der Waals surface area contributed by atoms with Gasteiger partial charge in [0.2, 0.25) is 0 Å². The van der Waals surface area contributed by atoms with E-state index in [0.717, 1.165) is 16.7 Å². The van der Waals surface area contributed by atoms with Gasteiger partial charge in [-0.15, -0.1) is 6.58 Å². The fraction of sp³-hybridized carbons (Fsp3) is 0.231. The lowest BCUT2D eigenvalue weighted by Crippen LogP contribution is -2.02. The van der Waals surface area contributed by atoms with Crippen molar-refractivity contribution in [2.24, 2.45) is 5.92 Å². The minimum atomic E-state index is 0.622. The Morgan fingerprint density at radius 1 is 1.43 bits per heavy atom. The van der Waals surface area contributed by atoms with E-state index in [0.29, 0.717) is 5.92 Å². The van der Waals surface area contributed by atoms with Gasteiger partial charge in [0, 0.05) is 10.2 Å². The van der Waals surface area contributed by atoms with Crippen LogP contribution in [0.5, 0.6) is 0 Å². The van der Waals surface area contributed by atoms with Gasteiger partial charge in [0.1, 0.15) is 0 Å². The van der Waals surface area contributed by atoms with Crippen LogP contribution in [0.15, 0.2) is 42.6 Å². The van der Waals surface area contributed by atoms with Gasteiger partial charge in [-0.1, -0.05) is 49.0 Å². The first-order valence-electron chi connectivity index (χ1n) is 5.00. The van der Waals surface area contributed by atoms with Crippen molar-refractivity contribution in [3.8, 4) is 0 Å². The molecule has 0 aromatic heterocycles. The number of benzene rings is 1. The molecule has 1 aromatic carbocycles. The Hall–Kier alpha value is -1.08. The molecule has 0 fully saturated rings. The van der Waals surface area contributed by atoms with Gasteiger partial charge >= 0.3 is 0 Å². The van der Waals surface area contributed by atoms with Gasteiger partial charge in [-0.2, -0.15) is 0 Å². The number of hydrogen-bond donors (Lipinski definition) is 0. The Labute approximate surface area is 89.8 Å². The molecule has 0 N–H and O–H groups in total. The molecule has 0 aliphatic heterocycles. The standard InChI is InChI=1S/C13H18Si/c1-4-12-5-7-13(8-6-12)9-10(2)11(3)14/h4-8,10H,1,3,9H2,2,14H3. The van der Waals surface area contributed by atoms with Gasteiger partial charge < -0.3 is 0 Å². The van der Waals surface area contributed by atoms with Crippen LogP contribution in [0.2, 0.25) is 0 Å². The number of rotatable bonds is 4. The molecule has 0 saturated carbocycles. The second-order valence-electron chi connectivity index (χ2n) is 3.90. The molecule has 1 aromatic rings. The number of allylic oxidation sites excluding steroid dienone is 1. The predicted octanol–water partition coefficient (Wildman–Crippen LogP) is 2.39. The predicted molar refractivity (Wildman–Crippen MR) is 68.5 cm³/mol. The van der Waals surface area contributed by atoms with Crippen LogP contribution >= 0.6 is 0 Å². The highest BCUT2D eigenvalue weighted by Gasteiger charge is 2.03. The first-order chi connectivity index (χ1) is 6.63. The van der Waals surface area contributed by atoms with Crippen molar-refractivity contribution in [3.05, 3.63) is 53.7 Å². The monoisotopic (exact) mass is 202 g/mol. The quantitative estimate of drug-likeness (QED) is 0.658. The third-order valence-corrected chi connectivity index (χ3v) is 3.58. The van der Waals surface area contributed by atoms with E-state index in [1.807, 2.05) is 6.08 Å². The van der Waals surface area contributed by atoms with Crippen molar-refractivity contribution < 1.29 is 0 Å². The molecule has 1 unspecified atom stereocenters. The smallest absolute Gasteiger partial charge is 0.0328 e. The Bertz CT molecular complexity index is 322. The van der Waals surface area contributed by atoms with E-state index in [1.165, 1.54) is 16.3 Å². The highest BCUT2D eigenvalue weighted by molar-refractivity contribution is 6.21. The van der Waals surface area contributed by atoms with E-state index >= 15 is 0 Å². The lowest BCUT2D eigenvalue weighted by molar-refractivity contribution is 0.711. The minimum absolute atomic E-state index is 0.622. The highest BCUT2D eigenvalue weighted by atomic mass is 28.1. The van der Waals surface area contributed by atoms with E-state index in [1.54, 1.807) is 0 Å². The van der Waals surface area contributed by atoms with E-state index in [9.17, 15) is 0 Å². The van der Waals surface area contributed by atoms with Crippen molar-refractivity contribution in [1.29, 1.82) is 0 Å². The van der Waals surface area contributed by atoms with Crippen LogP contribution < -0.4 is 0 Å². The van der Waals surface area contributed by atoms with Crippen molar-refractivity contribution in [3.63, 3.8) is 0 Å². The highest BCUT2D eigenvalue weighted by Crippen LogP contribution is 2.14. The van der Waals surface area contributed by atoms with E-state index in [-0.39, 0.29) is 0 Å². The third-order valence-electron chi connectivity index (χ3n) is 2.60. The summed E-state index contributed by atoms with van der Waals surface area (Å²) in [4.78, 5) is 0. The fourth-order valence-electron chi connectivity index (χ4n) is 1.32. The first kappa shape index (κ1) is 11.0. The van der Waals surface area contributed by atoms with Crippen LogP contribution in [-0.2, 0) is 6.42 Å².